The third-order valence-corrected chi connectivity index (χ3v) is 5.76. The van der Waals surface area contributed by atoms with E-state index in [1.165, 1.54) is 10.4 Å². The Morgan fingerprint density at radius 3 is 2.80 bits per heavy atom. The monoisotopic (exact) mass is 288 g/mol. The van der Waals surface area contributed by atoms with E-state index < -0.39 is 0 Å². The molecule has 0 aromatic carbocycles. The van der Waals surface area contributed by atoms with E-state index in [0.717, 1.165) is 55.5 Å². The molecule has 1 unspecified atom stereocenters. The van der Waals surface area contributed by atoms with Crippen LogP contribution >= 0.6 is 11.3 Å². The van der Waals surface area contributed by atoms with Gasteiger partial charge < -0.3 is 5.32 Å². The number of fused-ring (bicyclic) bond motifs is 1. The van der Waals surface area contributed by atoms with Crippen molar-refractivity contribution in [3.05, 3.63) is 16.0 Å². The molecule has 0 spiro atoms. The van der Waals surface area contributed by atoms with Gasteiger partial charge in [0.1, 0.15) is 11.1 Å². The molecule has 1 atom stereocenters. The zero-order chi connectivity index (χ0) is 14.1. The lowest BCUT2D eigenvalue weighted by atomic mass is 9.88. The number of nitrogens with zero attached hydrogens (tertiary/aromatic N) is 1. The first-order valence-electron chi connectivity index (χ1n) is 7.54. The van der Waals surface area contributed by atoms with E-state index >= 15 is 0 Å². The second-order valence-electron chi connectivity index (χ2n) is 6.14. The maximum atomic E-state index is 12.2. The first kappa shape index (κ1) is 13.6. The summed E-state index contributed by atoms with van der Waals surface area (Å²) in [7, 11) is 0. The van der Waals surface area contributed by atoms with Crippen LogP contribution in [0.1, 0.15) is 55.0 Å². The van der Waals surface area contributed by atoms with Gasteiger partial charge in [-0.3, -0.25) is 4.79 Å². The number of amides is 1. The maximum absolute atomic E-state index is 12.2. The fourth-order valence-electron chi connectivity index (χ4n) is 3.36. The molecule has 0 bridgehead atoms. The summed E-state index contributed by atoms with van der Waals surface area (Å²) in [5.74, 6) is 0.955. The predicted octanol–water partition coefficient (Wildman–Crippen LogP) is 3.87. The quantitative estimate of drug-likeness (QED) is 0.898. The van der Waals surface area contributed by atoms with Crippen LogP contribution in [0.4, 0.5) is 5.00 Å². The molecule has 1 heterocycles. The molecular weight excluding hydrogens is 268 g/mol. The third-order valence-electron chi connectivity index (χ3n) is 4.59. The molecule has 1 aromatic rings. The molecule has 0 saturated heterocycles. The Labute approximate surface area is 124 Å². The highest BCUT2D eigenvalue weighted by atomic mass is 32.1. The van der Waals surface area contributed by atoms with Gasteiger partial charge in [0.15, 0.2) is 0 Å². The maximum Gasteiger partial charge on any atom is 0.228 e. The van der Waals surface area contributed by atoms with Crippen molar-refractivity contribution < 1.29 is 4.79 Å². The smallest absolute Gasteiger partial charge is 0.228 e. The van der Waals surface area contributed by atoms with E-state index in [0.29, 0.717) is 5.92 Å². The van der Waals surface area contributed by atoms with E-state index in [4.69, 9.17) is 0 Å². The van der Waals surface area contributed by atoms with Crippen molar-refractivity contribution in [3.63, 3.8) is 0 Å². The molecule has 0 aliphatic heterocycles. The van der Waals surface area contributed by atoms with E-state index in [-0.39, 0.29) is 11.8 Å². The number of rotatable bonds is 2. The van der Waals surface area contributed by atoms with Crippen molar-refractivity contribution in [3.8, 4) is 6.07 Å². The van der Waals surface area contributed by atoms with Gasteiger partial charge in [-0.1, -0.05) is 19.8 Å². The van der Waals surface area contributed by atoms with Crippen molar-refractivity contribution in [1.82, 2.24) is 0 Å². The largest absolute Gasteiger partial charge is 0.316 e. The minimum atomic E-state index is 0.116. The van der Waals surface area contributed by atoms with Gasteiger partial charge in [0.2, 0.25) is 5.91 Å². The van der Waals surface area contributed by atoms with E-state index in [1.807, 2.05) is 0 Å². The lowest BCUT2D eigenvalue weighted by molar-refractivity contribution is -0.119. The van der Waals surface area contributed by atoms with Crippen LogP contribution in [0.15, 0.2) is 0 Å². The molecule has 4 heteroatoms. The SMILES string of the molecule is CC1CCc2c(sc(NC(=O)C3CCCC3)c2C#N)C1. The molecule has 3 rings (SSSR count). The number of hydrogen-bond acceptors (Lipinski definition) is 3. The molecule has 2 aliphatic carbocycles. The first-order valence-corrected chi connectivity index (χ1v) is 8.36. The Bertz CT molecular complexity index is 564. The zero-order valence-electron chi connectivity index (χ0n) is 11.9. The highest BCUT2D eigenvalue weighted by Gasteiger charge is 2.27. The number of hydrogen-bond donors (Lipinski definition) is 1. The van der Waals surface area contributed by atoms with Crippen LogP contribution in [0.3, 0.4) is 0 Å². The lowest BCUT2D eigenvalue weighted by Crippen LogP contribution is -2.20. The topological polar surface area (TPSA) is 52.9 Å². The number of thiophene rings is 1. The van der Waals surface area contributed by atoms with Crippen molar-refractivity contribution in [2.75, 3.05) is 5.32 Å². The van der Waals surface area contributed by atoms with Crippen LogP contribution in [0.25, 0.3) is 0 Å². The summed E-state index contributed by atoms with van der Waals surface area (Å²) in [5, 5.41) is 13.2. The molecule has 1 N–H and O–H groups in total. The lowest BCUT2D eigenvalue weighted by Gasteiger charge is -2.17. The number of anilines is 1. The molecule has 1 fully saturated rings. The number of carbonyl (C=O) groups excluding carboxylic acids is 1. The summed E-state index contributed by atoms with van der Waals surface area (Å²) in [6.07, 6.45) is 7.48. The number of nitrogens with one attached hydrogen (secondary N) is 1. The third kappa shape index (κ3) is 2.47. The summed E-state index contributed by atoms with van der Waals surface area (Å²) in [5.41, 5.74) is 1.92. The minimum Gasteiger partial charge on any atom is -0.316 e. The molecule has 106 valence electrons. The molecule has 1 amide bonds. The molecule has 2 aliphatic rings. The van der Waals surface area contributed by atoms with Gasteiger partial charge in [0.05, 0.1) is 5.56 Å². The normalized spacial score (nSPS) is 22.3. The Morgan fingerprint density at radius 1 is 1.35 bits per heavy atom. The average Bonchev–Trinajstić information content (AvgIpc) is 3.04. The van der Waals surface area contributed by atoms with Crippen LogP contribution in [-0.2, 0) is 17.6 Å². The minimum absolute atomic E-state index is 0.116. The van der Waals surface area contributed by atoms with E-state index in [9.17, 15) is 10.1 Å². The van der Waals surface area contributed by atoms with Gasteiger partial charge in [0.25, 0.3) is 0 Å². The van der Waals surface area contributed by atoms with Gasteiger partial charge in [0, 0.05) is 10.8 Å². The average molecular weight is 288 g/mol. The fourth-order valence-corrected chi connectivity index (χ4v) is 4.72. The van der Waals surface area contributed by atoms with Crippen molar-refractivity contribution in [1.29, 1.82) is 5.26 Å². The Hall–Kier alpha value is -1.34. The predicted molar refractivity (Wildman–Crippen MR) is 80.8 cm³/mol. The number of nitriles is 1. The zero-order valence-corrected chi connectivity index (χ0v) is 12.7. The van der Waals surface area contributed by atoms with Gasteiger partial charge in [-0.05, 0) is 43.6 Å². The van der Waals surface area contributed by atoms with Crippen LogP contribution in [-0.4, -0.2) is 5.91 Å². The number of carbonyl (C=O) groups is 1. The fraction of sp³-hybridized carbons (Fsp3) is 0.625. The first-order chi connectivity index (χ1) is 9.69. The van der Waals surface area contributed by atoms with Crippen molar-refractivity contribution >= 4 is 22.2 Å². The standard InChI is InChI=1S/C16H20N2OS/c1-10-6-7-12-13(9-17)16(20-14(12)8-10)18-15(19)11-4-2-3-5-11/h10-11H,2-8H2,1H3,(H,18,19). The van der Waals surface area contributed by atoms with Crippen LogP contribution in [0.5, 0.6) is 0 Å². The molecule has 1 aromatic heterocycles. The summed E-state index contributed by atoms with van der Waals surface area (Å²) in [6.45, 7) is 2.26. The van der Waals surface area contributed by atoms with Gasteiger partial charge in [-0.15, -0.1) is 11.3 Å². The van der Waals surface area contributed by atoms with Crippen LogP contribution in [0, 0.1) is 23.2 Å². The second-order valence-corrected chi connectivity index (χ2v) is 7.24. The van der Waals surface area contributed by atoms with E-state index in [2.05, 4.69) is 18.3 Å². The summed E-state index contributed by atoms with van der Waals surface area (Å²) in [6, 6.07) is 2.31. The summed E-state index contributed by atoms with van der Waals surface area (Å²) in [4.78, 5) is 13.6. The Kier molecular flexibility index (Phi) is 3.80. The molecular formula is C16H20N2OS. The van der Waals surface area contributed by atoms with Gasteiger partial charge in [-0.25, -0.2) is 0 Å². The van der Waals surface area contributed by atoms with E-state index in [1.54, 1.807) is 11.3 Å². The molecule has 20 heavy (non-hydrogen) atoms. The summed E-state index contributed by atoms with van der Waals surface area (Å²) >= 11 is 1.62. The highest BCUT2D eigenvalue weighted by molar-refractivity contribution is 7.16. The highest BCUT2D eigenvalue weighted by Crippen LogP contribution is 2.39. The van der Waals surface area contributed by atoms with Crippen LogP contribution < -0.4 is 5.32 Å². The Morgan fingerprint density at radius 2 is 2.10 bits per heavy atom. The Balaban J connectivity index is 1.83. The van der Waals surface area contributed by atoms with Gasteiger partial charge in [-0.2, -0.15) is 5.26 Å². The molecule has 0 radical (unpaired) electrons. The second kappa shape index (κ2) is 5.57. The summed E-state index contributed by atoms with van der Waals surface area (Å²) < 4.78 is 0. The van der Waals surface area contributed by atoms with Crippen LogP contribution in [0.2, 0.25) is 0 Å². The van der Waals surface area contributed by atoms with Crippen molar-refractivity contribution in [2.45, 2.75) is 51.9 Å². The van der Waals surface area contributed by atoms with Crippen molar-refractivity contribution in [2.24, 2.45) is 11.8 Å². The molecule has 3 nitrogen and oxygen atoms in total. The van der Waals surface area contributed by atoms with Gasteiger partial charge >= 0.3 is 0 Å². The molecule has 1 saturated carbocycles.